The van der Waals surface area contributed by atoms with Crippen LogP contribution in [0.15, 0.2) is 66.6 Å². The Morgan fingerprint density at radius 3 is 2.39 bits per heavy atom. The number of halogens is 1. The zero-order chi connectivity index (χ0) is 24.1. The van der Waals surface area contributed by atoms with Crippen molar-refractivity contribution in [3.8, 4) is 0 Å². The monoisotopic (exact) mass is 460 g/mol. The van der Waals surface area contributed by atoms with Crippen LogP contribution in [-0.4, -0.2) is 27.8 Å². The summed E-state index contributed by atoms with van der Waals surface area (Å²) < 4.78 is 0. The average molecular weight is 461 g/mol. The second-order valence-corrected chi connectivity index (χ2v) is 8.10. The van der Waals surface area contributed by atoms with Crippen LogP contribution in [0, 0.1) is 10.8 Å². The number of rotatable bonds is 8. The van der Waals surface area contributed by atoms with Gasteiger partial charge in [-0.2, -0.15) is 0 Å². The number of nitrogens with one attached hydrogen (secondary N) is 3. The predicted molar refractivity (Wildman–Crippen MR) is 134 cm³/mol. The first-order valence-corrected chi connectivity index (χ1v) is 10.7. The fourth-order valence-corrected chi connectivity index (χ4v) is 3.83. The van der Waals surface area contributed by atoms with Gasteiger partial charge in [0.05, 0.1) is 28.2 Å². The molecule has 33 heavy (non-hydrogen) atoms. The van der Waals surface area contributed by atoms with Crippen LogP contribution in [-0.2, 0) is 0 Å². The third-order valence-corrected chi connectivity index (χ3v) is 5.56. The smallest absolute Gasteiger partial charge is 0.151 e. The van der Waals surface area contributed by atoms with Crippen LogP contribution >= 0.6 is 11.6 Å². The van der Waals surface area contributed by atoms with Gasteiger partial charge in [0, 0.05) is 39.9 Å². The van der Waals surface area contributed by atoms with Gasteiger partial charge in [-0.3, -0.25) is 15.2 Å². The molecule has 1 atom stereocenters. The summed E-state index contributed by atoms with van der Waals surface area (Å²) >= 11 is 6.19. The normalized spacial score (nSPS) is 12.5. The Morgan fingerprint density at radius 1 is 1.09 bits per heavy atom. The van der Waals surface area contributed by atoms with E-state index in [9.17, 15) is 9.90 Å². The lowest BCUT2D eigenvalue weighted by Gasteiger charge is -2.20. The van der Waals surface area contributed by atoms with Crippen molar-refractivity contribution in [2.45, 2.75) is 26.8 Å². The number of pyridine rings is 1. The summed E-state index contributed by atoms with van der Waals surface area (Å²) in [5.41, 5.74) is 4.54. The molecule has 0 fully saturated rings. The van der Waals surface area contributed by atoms with Crippen molar-refractivity contribution in [3.63, 3.8) is 0 Å². The zero-order valence-electron chi connectivity index (χ0n) is 18.6. The molecular weight excluding hydrogens is 436 g/mol. The summed E-state index contributed by atoms with van der Waals surface area (Å²) in [6.07, 6.45) is 2.40. The van der Waals surface area contributed by atoms with Gasteiger partial charge in [-0.25, -0.2) is 0 Å². The van der Waals surface area contributed by atoms with E-state index >= 15 is 0 Å². The molecule has 2 aromatic carbocycles. The van der Waals surface area contributed by atoms with Gasteiger partial charge in [0.1, 0.15) is 0 Å². The molecule has 0 radical (unpaired) electrons. The Labute approximate surface area is 198 Å². The third-order valence-electron chi connectivity index (χ3n) is 5.23. The van der Waals surface area contributed by atoms with Gasteiger partial charge in [0.15, 0.2) is 6.29 Å². The first-order chi connectivity index (χ1) is 15.7. The fraction of sp³-hybridized carbons (Fsp3) is 0.154. The molecule has 0 amide bonds. The van der Waals surface area contributed by atoms with Gasteiger partial charge in [0.2, 0.25) is 0 Å². The lowest BCUT2D eigenvalue weighted by Crippen LogP contribution is -2.13. The highest BCUT2D eigenvalue weighted by Crippen LogP contribution is 2.30. The van der Waals surface area contributed by atoms with Crippen molar-refractivity contribution in [2.24, 2.45) is 0 Å². The first-order valence-electron chi connectivity index (χ1n) is 10.3. The third kappa shape index (κ3) is 5.35. The van der Waals surface area contributed by atoms with Crippen LogP contribution in [0.1, 0.15) is 59.6 Å². The molecule has 7 heteroatoms. The molecule has 1 heterocycles. The lowest BCUT2D eigenvalue weighted by molar-refractivity contribution is 0.112. The number of carbonyl (C=O) groups is 1. The van der Waals surface area contributed by atoms with E-state index in [1.54, 1.807) is 50.4 Å². The van der Waals surface area contributed by atoms with E-state index in [4.69, 9.17) is 22.4 Å². The highest BCUT2D eigenvalue weighted by molar-refractivity contribution is 6.33. The summed E-state index contributed by atoms with van der Waals surface area (Å²) in [5, 5.41) is 30.7. The quantitative estimate of drug-likeness (QED) is 0.175. The fourth-order valence-electron chi connectivity index (χ4n) is 3.61. The molecule has 168 valence electrons. The van der Waals surface area contributed by atoms with Crippen molar-refractivity contribution in [3.05, 3.63) is 99.5 Å². The number of carbonyl (C=O) groups excluding carboxylic acids is 1. The number of aromatic nitrogens is 1. The SMILES string of the molecule is CC(=N)/C(=C(/C)O)c1ccc(C(=N)c2ccc(C=O)c(Cl)c2)c(N[C@@H](C)c2ccccn2)c1. The number of benzene rings is 2. The molecule has 6 nitrogen and oxygen atoms in total. The Kier molecular flexibility index (Phi) is 7.41. The van der Waals surface area contributed by atoms with E-state index < -0.39 is 0 Å². The molecule has 0 aliphatic carbocycles. The predicted octanol–water partition coefficient (Wildman–Crippen LogP) is 6.47. The number of anilines is 1. The number of aliphatic hydroxyl groups excluding tert-OH is 1. The molecule has 0 unspecified atom stereocenters. The van der Waals surface area contributed by atoms with Crippen LogP contribution in [0.3, 0.4) is 0 Å². The lowest BCUT2D eigenvalue weighted by atomic mass is 9.94. The van der Waals surface area contributed by atoms with E-state index in [1.165, 1.54) is 0 Å². The van der Waals surface area contributed by atoms with Gasteiger partial charge in [0.25, 0.3) is 0 Å². The number of hydrogen-bond donors (Lipinski definition) is 4. The number of nitrogens with zero attached hydrogens (tertiary/aromatic N) is 1. The van der Waals surface area contributed by atoms with Crippen molar-refractivity contribution in [1.82, 2.24) is 4.98 Å². The standard InChI is InChI=1S/C26H25ClN4O2/c1-15(28)25(17(3)33)18-9-10-21(26(29)19-7-8-20(14-32)22(27)12-19)24(13-18)31-16(2)23-6-4-5-11-30-23/h4-14,16,28-29,31,33H,1-3H3/b25-17+,28-15?,29-26?/t16-/m0/s1. The molecule has 0 aliphatic rings. The van der Waals surface area contributed by atoms with Crippen molar-refractivity contribution in [1.29, 1.82) is 10.8 Å². The van der Waals surface area contributed by atoms with E-state index in [2.05, 4.69) is 10.3 Å². The van der Waals surface area contributed by atoms with Crippen molar-refractivity contribution >= 4 is 40.6 Å². The Balaban J connectivity index is 2.11. The highest BCUT2D eigenvalue weighted by atomic mass is 35.5. The topological polar surface area (TPSA) is 110 Å². The Morgan fingerprint density at radius 2 is 1.82 bits per heavy atom. The van der Waals surface area contributed by atoms with Crippen molar-refractivity contribution in [2.75, 3.05) is 5.32 Å². The molecule has 1 aromatic heterocycles. The summed E-state index contributed by atoms with van der Waals surface area (Å²) in [7, 11) is 0. The van der Waals surface area contributed by atoms with E-state index in [0.717, 1.165) is 5.69 Å². The minimum atomic E-state index is -0.169. The van der Waals surface area contributed by atoms with Crippen LogP contribution in [0.25, 0.3) is 5.57 Å². The van der Waals surface area contributed by atoms with Crippen LogP contribution in [0.5, 0.6) is 0 Å². The number of aliphatic hydroxyl groups is 1. The zero-order valence-corrected chi connectivity index (χ0v) is 19.4. The molecule has 3 aromatic rings. The van der Waals surface area contributed by atoms with Crippen LogP contribution in [0.4, 0.5) is 5.69 Å². The Hall–Kier alpha value is -3.77. The average Bonchev–Trinajstić information content (AvgIpc) is 2.79. The van der Waals surface area contributed by atoms with Crippen molar-refractivity contribution < 1.29 is 9.90 Å². The summed E-state index contributed by atoms with van der Waals surface area (Å²) in [4.78, 5) is 15.5. The number of aldehydes is 1. The maximum absolute atomic E-state index is 11.1. The molecule has 0 spiro atoms. The van der Waals surface area contributed by atoms with Gasteiger partial charge in [-0.05, 0) is 56.7 Å². The van der Waals surface area contributed by atoms with Gasteiger partial charge >= 0.3 is 0 Å². The molecular formula is C26H25ClN4O2. The first kappa shape index (κ1) is 23.9. The van der Waals surface area contributed by atoms with Gasteiger partial charge < -0.3 is 15.8 Å². The summed E-state index contributed by atoms with van der Waals surface area (Å²) in [6, 6.07) is 15.7. The van der Waals surface area contributed by atoms with Gasteiger partial charge in [-0.15, -0.1) is 0 Å². The summed E-state index contributed by atoms with van der Waals surface area (Å²) in [5.74, 6) is 0.0466. The van der Waals surface area contributed by atoms with E-state index in [1.807, 2.05) is 31.2 Å². The number of allylic oxidation sites excluding steroid dienone is 2. The molecule has 0 aliphatic heterocycles. The maximum Gasteiger partial charge on any atom is 0.151 e. The molecule has 0 saturated carbocycles. The molecule has 4 N–H and O–H groups in total. The summed E-state index contributed by atoms with van der Waals surface area (Å²) in [6.45, 7) is 5.13. The molecule has 0 bridgehead atoms. The second-order valence-electron chi connectivity index (χ2n) is 7.70. The van der Waals surface area contributed by atoms with Crippen LogP contribution < -0.4 is 5.32 Å². The van der Waals surface area contributed by atoms with E-state index in [0.29, 0.717) is 39.8 Å². The molecule has 3 rings (SSSR count). The number of hydrogen-bond acceptors (Lipinski definition) is 6. The second kappa shape index (κ2) is 10.2. The maximum atomic E-state index is 11.1. The highest BCUT2D eigenvalue weighted by Gasteiger charge is 2.18. The minimum Gasteiger partial charge on any atom is -0.512 e. The van der Waals surface area contributed by atoms with Crippen LogP contribution in [0.2, 0.25) is 5.02 Å². The van der Waals surface area contributed by atoms with E-state index in [-0.39, 0.29) is 28.2 Å². The molecule has 0 saturated heterocycles. The van der Waals surface area contributed by atoms with Gasteiger partial charge in [-0.1, -0.05) is 35.9 Å². The Bertz CT molecular complexity index is 1250. The minimum absolute atomic E-state index is 0.0466. The largest absolute Gasteiger partial charge is 0.512 e.